The molecular formula is C26H37ClN2O2. The summed E-state index contributed by atoms with van der Waals surface area (Å²) >= 11 is 6.33. The second-order valence-corrected chi connectivity index (χ2v) is 8.98. The van der Waals surface area contributed by atoms with Crippen molar-refractivity contribution in [2.45, 2.75) is 90.4 Å². The Morgan fingerprint density at radius 3 is 2.26 bits per heavy atom. The van der Waals surface area contributed by atoms with Crippen LogP contribution >= 0.6 is 11.6 Å². The second-order valence-electron chi connectivity index (χ2n) is 8.42. The molecule has 31 heavy (non-hydrogen) atoms. The standard InChI is InChI=1S/C26H37ClN2O2/c1-4-6-7-8-9-10-12-21-18-28-26(29-19-21)22-13-15-23(16-14-22)31-25(30)17-24(27)20(3)11-5-2/h13-16,18-20,24H,4-12,17H2,1-3H3. The molecule has 0 bridgehead atoms. The van der Waals surface area contributed by atoms with Crippen LogP contribution in [0.5, 0.6) is 5.75 Å². The Hall–Kier alpha value is -1.94. The molecule has 0 aliphatic heterocycles. The van der Waals surface area contributed by atoms with Crippen molar-refractivity contribution in [1.29, 1.82) is 0 Å². The maximum absolute atomic E-state index is 12.2. The van der Waals surface area contributed by atoms with E-state index in [4.69, 9.17) is 16.3 Å². The number of carbonyl (C=O) groups is 1. The molecule has 0 aliphatic rings. The summed E-state index contributed by atoms with van der Waals surface area (Å²) in [6.45, 7) is 6.43. The van der Waals surface area contributed by atoms with Crippen LogP contribution in [0.15, 0.2) is 36.7 Å². The molecule has 0 saturated carbocycles. The highest BCUT2D eigenvalue weighted by atomic mass is 35.5. The lowest BCUT2D eigenvalue weighted by molar-refractivity contribution is -0.134. The number of rotatable bonds is 14. The monoisotopic (exact) mass is 444 g/mol. The minimum Gasteiger partial charge on any atom is -0.426 e. The fourth-order valence-corrected chi connectivity index (χ4v) is 3.84. The van der Waals surface area contributed by atoms with Gasteiger partial charge in [-0.25, -0.2) is 9.97 Å². The molecule has 0 fully saturated rings. The van der Waals surface area contributed by atoms with Crippen molar-refractivity contribution >= 4 is 17.6 Å². The van der Waals surface area contributed by atoms with Crippen molar-refractivity contribution < 1.29 is 9.53 Å². The first kappa shape index (κ1) is 25.3. The van der Waals surface area contributed by atoms with Crippen molar-refractivity contribution in [2.24, 2.45) is 5.92 Å². The highest BCUT2D eigenvalue weighted by Crippen LogP contribution is 2.23. The normalized spacial score (nSPS) is 13.0. The molecule has 1 aromatic carbocycles. The van der Waals surface area contributed by atoms with Gasteiger partial charge in [-0.2, -0.15) is 0 Å². The Labute approximate surface area is 192 Å². The molecular weight excluding hydrogens is 408 g/mol. The number of hydrogen-bond acceptors (Lipinski definition) is 4. The number of unbranched alkanes of at least 4 members (excludes halogenated alkanes) is 5. The van der Waals surface area contributed by atoms with Gasteiger partial charge >= 0.3 is 5.97 Å². The Morgan fingerprint density at radius 2 is 1.61 bits per heavy atom. The number of aromatic nitrogens is 2. The van der Waals surface area contributed by atoms with Gasteiger partial charge in [0, 0.05) is 23.3 Å². The van der Waals surface area contributed by atoms with Crippen LogP contribution in [0.1, 0.15) is 84.1 Å². The molecule has 5 heteroatoms. The lowest BCUT2D eigenvalue weighted by Crippen LogP contribution is -2.19. The van der Waals surface area contributed by atoms with E-state index in [0.717, 1.165) is 24.8 Å². The maximum Gasteiger partial charge on any atom is 0.312 e. The van der Waals surface area contributed by atoms with E-state index in [2.05, 4.69) is 30.7 Å². The van der Waals surface area contributed by atoms with E-state index in [1.807, 2.05) is 24.5 Å². The smallest absolute Gasteiger partial charge is 0.312 e. The number of nitrogens with zero attached hydrogens (tertiary/aromatic N) is 2. The van der Waals surface area contributed by atoms with Gasteiger partial charge in [-0.05, 0) is 55.0 Å². The molecule has 0 N–H and O–H groups in total. The zero-order valence-corrected chi connectivity index (χ0v) is 20.0. The van der Waals surface area contributed by atoms with Gasteiger partial charge in [0.1, 0.15) is 5.75 Å². The summed E-state index contributed by atoms with van der Waals surface area (Å²) in [5.41, 5.74) is 2.08. The molecule has 1 heterocycles. The third kappa shape index (κ3) is 9.39. The van der Waals surface area contributed by atoms with Crippen molar-refractivity contribution in [3.63, 3.8) is 0 Å². The van der Waals surface area contributed by atoms with Crippen molar-refractivity contribution in [3.05, 3.63) is 42.2 Å². The Kier molecular flexibility index (Phi) is 11.6. The molecule has 2 atom stereocenters. The third-order valence-electron chi connectivity index (χ3n) is 5.59. The maximum atomic E-state index is 12.2. The molecule has 0 aliphatic carbocycles. The lowest BCUT2D eigenvalue weighted by atomic mass is 10.00. The van der Waals surface area contributed by atoms with Crippen LogP contribution in [0.4, 0.5) is 0 Å². The fraction of sp³-hybridized carbons (Fsp3) is 0.577. The zero-order valence-electron chi connectivity index (χ0n) is 19.3. The van der Waals surface area contributed by atoms with Crippen LogP contribution in [0.3, 0.4) is 0 Å². The Morgan fingerprint density at radius 1 is 0.968 bits per heavy atom. The van der Waals surface area contributed by atoms with Crippen molar-refractivity contribution in [1.82, 2.24) is 9.97 Å². The van der Waals surface area contributed by atoms with Gasteiger partial charge in [-0.1, -0.05) is 59.3 Å². The third-order valence-corrected chi connectivity index (χ3v) is 6.18. The number of alkyl halides is 1. The molecule has 2 rings (SSSR count). The molecule has 4 nitrogen and oxygen atoms in total. The van der Waals surface area contributed by atoms with Gasteiger partial charge in [0.25, 0.3) is 0 Å². The van der Waals surface area contributed by atoms with Crippen LogP contribution in [0.2, 0.25) is 0 Å². The summed E-state index contributed by atoms with van der Waals surface area (Å²) < 4.78 is 5.44. The largest absolute Gasteiger partial charge is 0.426 e. The quantitative estimate of drug-likeness (QED) is 0.132. The van der Waals surface area contributed by atoms with E-state index >= 15 is 0 Å². The summed E-state index contributed by atoms with van der Waals surface area (Å²) in [6, 6.07) is 7.31. The molecule has 2 unspecified atom stereocenters. The molecule has 1 aromatic heterocycles. The van der Waals surface area contributed by atoms with Crippen molar-refractivity contribution in [2.75, 3.05) is 0 Å². The van der Waals surface area contributed by atoms with Crippen LogP contribution in [0.25, 0.3) is 11.4 Å². The van der Waals surface area contributed by atoms with Gasteiger partial charge in [0.15, 0.2) is 5.82 Å². The topological polar surface area (TPSA) is 52.1 Å². The SMILES string of the molecule is CCCCCCCCc1cnc(-c2ccc(OC(=O)CC(Cl)C(C)CCC)cc2)nc1. The van der Waals surface area contributed by atoms with Crippen LogP contribution in [-0.2, 0) is 11.2 Å². The van der Waals surface area contributed by atoms with E-state index in [1.165, 1.54) is 44.1 Å². The number of ether oxygens (including phenoxy) is 1. The average Bonchev–Trinajstić information content (AvgIpc) is 2.77. The minimum absolute atomic E-state index is 0.199. The lowest BCUT2D eigenvalue weighted by Gasteiger charge is -2.16. The highest BCUT2D eigenvalue weighted by molar-refractivity contribution is 6.21. The predicted molar refractivity (Wildman–Crippen MR) is 129 cm³/mol. The van der Waals surface area contributed by atoms with E-state index in [9.17, 15) is 4.79 Å². The van der Waals surface area contributed by atoms with Gasteiger partial charge in [0.05, 0.1) is 6.42 Å². The average molecular weight is 445 g/mol. The zero-order chi connectivity index (χ0) is 22.5. The number of benzene rings is 1. The molecule has 0 radical (unpaired) electrons. The molecule has 0 amide bonds. The Balaban J connectivity index is 1.81. The van der Waals surface area contributed by atoms with Crippen molar-refractivity contribution in [3.8, 4) is 17.1 Å². The minimum atomic E-state index is -0.300. The fourth-order valence-electron chi connectivity index (χ4n) is 3.58. The number of aryl methyl sites for hydroxylation is 1. The molecule has 0 spiro atoms. The molecule has 0 saturated heterocycles. The first-order valence-corrected chi connectivity index (χ1v) is 12.2. The summed E-state index contributed by atoms with van der Waals surface area (Å²) in [5, 5.41) is -0.199. The van der Waals surface area contributed by atoms with Gasteiger partial charge in [0.2, 0.25) is 0 Å². The molecule has 170 valence electrons. The summed E-state index contributed by atoms with van der Waals surface area (Å²) in [6.07, 6.45) is 14.9. The van der Waals surface area contributed by atoms with Gasteiger partial charge in [-0.3, -0.25) is 4.79 Å². The van der Waals surface area contributed by atoms with Gasteiger partial charge < -0.3 is 4.74 Å². The Bertz CT molecular complexity index is 762. The number of esters is 1. The van der Waals surface area contributed by atoms with E-state index < -0.39 is 0 Å². The first-order chi connectivity index (χ1) is 15.0. The predicted octanol–water partition coefficient (Wildman–Crippen LogP) is 7.39. The summed E-state index contributed by atoms with van der Waals surface area (Å²) in [4.78, 5) is 21.2. The van der Waals surface area contributed by atoms with Gasteiger partial charge in [-0.15, -0.1) is 11.6 Å². The number of halogens is 1. The van der Waals surface area contributed by atoms with E-state index in [1.54, 1.807) is 12.1 Å². The van der Waals surface area contributed by atoms with E-state index in [-0.39, 0.29) is 17.8 Å². The van der Waals surface area contributed by atoms with E-state index in [0.29, 0.717) is 17.5 Å². The highest BCUT2D eigenvalue weighted by Gasteiger charge is 2.19. The number of carbonyl (C=O) groups excluding carboxylic acids is 1. The number of hydrogen-bond donors (Lipinski definition) is 0. The van der Waals surface area contributed by atoms with Crippen LogP contribution < -0.4 is 4.74 Å². The summed E-state index contributed by atoms with van der Waals surface area (Å²) in [7, 11) is 0. The second kappa shape index (κ2) is 14.2. The van der Waals surface area contributed by atoms with Crippen LogP contribution in [0, 0.1) is 5.92 Å². The van der Waals surface area contributed by atoms with Crippen LogP contribution in [-0.4, -0.2) is 21.3 Å². The molecule has 2 aromatic rings. The first-order valence-electron chi connectivity index (χ1n) is 11.8. The summed E-state index contributed by atoms with van der Waals surface area (Å²) in [5.74, 6) is 1.19.